The van der Waals surface area contributed by atoms with Crippen LogP contribution in [0.2, 0.25) is 4.34 Å². The van der Waals surface area contributed by atoms with E-state index in [1.165, 1.54) is 33.8 Å². The number of nitrogens with zero attached hydrogens (tertiary/aromatic N) is 2. The number of carbonyl (C=O) groups is 3. The molecule has 4 heterocycles. The molecule has 2 aromatic heterocycles. The number of halogens is 1. The average Bonchev–Trinajstić information content (AvgIpc) is 3.42. The molecular weight excluding hydrogens is 438 g/mol. The molecule has 0 unspecified atom stereocenters. The van der Waals surface area contributed by atoms with Gasteiger partial charge in [-0.2, -0.15) is 0 Å². The summed E-state index contributed by atoms with van der Waals surface area (Å²) in [6.45, 7) is 1.41. The molecule has 2 aromatic rings. The van der Waals surface area contributed by atoms with Crippen molar-refractivity contribution in [2.24, 2.45) is 0 Å². The van der Waals surface area contributed by atoms with Crippen molar-refractivity contribution in [3.8, 4) is 0 Å². The molecule has 1 saturated heterocycles. The predicted octanol–water partition coefficient (Wildman–Crippen LogP) is 3.68. The van der Waals surface area contributed by atoms with Crippen molar-refractivity contribution in [2.75, 3.05) is 24.5 Å². The van der Waals surface area contributed by atoms with Crippen LogP contribution in [0.25, 0.3) is 0 Å². The maximum absolute atomic E-state index is 12.2. The lowest BCUT2D eigenvalue weighted by atomic mass is 10.3. The van der Waals surface area contributed by atoms with Crippen molar-refractivity contribution in [1.82, 2.24) is 10.2 Å². The number of cyclic esters (lactones) is 2. The summed E-state index contributed by atoms with van der Waals surface area (Å²) >= 11 is 8.42. The van der Waals surface area contributed by atoms with Gasteiger partial charge in [-0.05, 0) is 35.2 Å². The van der Waals surface area contributed by atoms with Crippen molar-refractivity contribution in [3.63, 3.8) is 0 Å². The second-order valence-electron chi connectivity index (χ2n) is 6.36. The Balaban J connectivity index is 1.32. The van der Waals surface area contributed by atoms with E-state index in [2.05, 4.69) is 5.32 Å². The first-order valence-electron chi connectivity index (χ1n) is 8.69. The lowest BCUT2D eigenvalue weighted by molar-refractivity contribution is 0.0920. The van der Waals surface area contributed by atoms with E-state index in [9.17, 15) is 14.4 Å². The Morgan fingerprint density at radius 3 is 2.93 bits per heavy atom. The van der Waals surface area contributed by atoms with Crippen LogP contribution in [0, 0.1) is 0 Å². The van der Waals surface area contributed by atoms with Crippen LogP contribution in [0.5, 0.6) is 0 Å². The highest BCUT2D eigenvalue weighted by molar-refractivity contribution is 7.18. The van der Waals surface area contributed by atoms with Crippen molar-refractivity contribution in [3.05, 3.63) is 50.7 Å². The lowest BCUT2D eigenvalue weighted by Gasteiger charge is -2.21. The van der Waals surface area contributed by atoms with Crippen molar-refractivity contribution >= 4 is 57.4 Å². The molecule has 0 radical (unpaired) electrons. The number of rotatable bonds is 6. The van der Waals surface area contributed by atoms with Gasteiger partial charge < -0.3 is 14.8 Å². The third-order valence-electron chi connectivity index (χ3n) is 4.29. The fraction of sp³-hybridized carbons (Fsp3) is 0.278. The van der Waals surface area contributed by atoms with Crippen LogP contribution in [-0.2, 0) is 16.0 Å². The number of hydrogen-bond donors (Lipinski definition) is 1. The molecular formula is C18H16ClN3O5S2. The molecule has 2 aliphatic heterocycles. The molecule has 0 saturated carbocycles. The van der Waals surface area contributed by atoms with Crippen LogP contribution >= 0.6 is 34.3 Å². The van der Waals surface area contributed by atoms with E-state index >= 15 is 0 Å². The molecule has 1 atom stereocenters. The molecule has 1 N–H and O–H groups in total. The molecule has 3 amide bonds. The second-order valence-corrected chi connectivity index (χ2v) is 8.96. The van der Waals surface area contributed by atoms with E-state index in [-0.39, 0.29) is 12.5 Å². The zero-order chi connectivity index (χ0) is 20.4. The second kappa shape index (κ2) is 8.44. The predicted molar refractivity (Wildman–Crippen MR) is 110 cm³/mol. The van der Waals surface area contributed by atoms with Gasteiger partial charge in [-0.3, -0.25) is 14.6 Å². The Bertz CT molecular complexity index is 972. The smallest absolute Gasteiger partial charge is 0.415 e. The molecule has 1 fully saturated rings. The van der Waals surface area contributed by atoms with Crippen LogP contribution in [0.4, 0.5) is 14.6 Å². The van der Waals surface area contributed by atoms with Gasteiger partial charge in [-0.15, -0.1) is 22.7 Å². The molecule has 0 aliphatic carbocycles. The third-order valence-corrected chi connectivity index (χ3v) is 6.52. The first kappa shape index (κ1) is 19.7. The molecule has 2 aliphatic rings. The Morgan fingerprint density at radius 2 is 2.17 bits per heavy atom. The molecule has 0 aromatic carbocycles. The van der Waals surface area contributed by atoms with Gasteiger partial charge in [0.15, 0.2) is 0 Å². The first-order valence-corrected chi connectivity index (χ1v) is 10.8. The summed E-state index contributed by atoms with van der Waals surface area (Å²) in [6, 6.07) is 5.16. The van der Waals surface area contributed by atoms with E-state index in [4.69, 9.17) is 21.1 Å². The van der Waals surface area contributed by atoms with Crippen LogP contribution < -0.4 is 10.2 Å². The first-order chi connectivity index (χ1) is 14.0. The third kappa shape index (κ3) is 4.55. The Kier molecular flexibility index (Phi) is 5.74. The standard InChI is InChI=1S/C18H16ClN3O5S2/c19-14-3-2-13(29-14)16(23)20-7-12-9-22(18(25)27-12)15-6-11(10-28-15)8-21-4-1-5-26-17(21)24/h1-3,5-6,10,12H,4,7-9H2,(H,20,23)/t12-/m0/s1. The van der Waals surface area contributed by atoms with Gasteiger partial charge in [-0.1, -0.05) is 11.6 Å². The van der Waals surface area contributed by atoms with Gasteiger partial charge >= 0.3 is 12.2 Å². The SMILES string of the molecule is O=C(NC[C@H]1CN(c2cc(CN3CC=COC3=O)cs2)C(=O)O1)c1ccc(Cl)s1. The van der Waals surface area contributed by atoms with E-state index in [0.29, 0.717) is 28.8 Å². The number of anilines is 1. The normalized spacial score (nSPS) is 18.7. The summed E-state index contributed by atoms with van der Waals surface area (Å²) < 4.78 is 10.8. The number of hydrogen-bond acceptors (Lipinski definition) is 7. The largest absolute Gasteiger partial charge is 0.442 e. The highest BCUT2D eigenvalue weighted by atomic mass is 35.5. The molecule has 152 valence electrons. The summed E-state index contributed by atoms with van der Waals surface area (Å²) in [6.07, 6.45) is 1.83. The minimum Gasteiger partial charge on any atom is -0.442 e. The molecule has 11 heteroatoms. The van der Waals surface area contributed by atoms with E-state index in [1.54, 1.807) is 23.1 Å². The van der Waals surface area contributed by atoms with Gasteiger partial charge in [-0.25, -0.2) is 9.59 Å². The minimum absolute atomic E-state index is 0.209. The summed E-state index contributed by atoms with van der Waals surface area (Å²) in [4.78, 5) is 39.7. The minimum atomic E-state index is -0.461. The monoisotopic (exact) mass is 453 g/mol. The van der Waals surface area contributed by atoms with Crippen molar-refractivity contribution in [1.29, 1.82) is 0 Å². The molecule has 8 nitrogen and oxygen atoms in total. The van der Waals surface area contributed by atoms with E-state index in [1.807, 2.05) is 11.4 Å². The van der Waals surface area contributed by atoms with E-state index in [0.717, 1.165) is 10.6 Å². The lowest BCUT2D eigenvalue weighted by Crippen LogP contribution is -2.34. The van der Waals surface area contributed by atoms with Gasteiger partial charge in [0.25, 0.3) is 5.91 Å². The Morgan fingerprint density at radius 1 is 1.31 bits per heavy atom. The number of amides is 3. The fourth-order valence-electron chi connectivity index (χ4n) is 2.90. The number of thiophene rings is 2. The number of nitrogens with one attached hydrogen (secondary N) is 1. The zero-order valence-corrected chi connectivity index (χ0v) is 17.4. The summed E-state index contributed by atoms with van der Waals surface area (Å²) in [7, 11) is 0. The number of carbonyl (C=O) groups excluding carboxylic acids is 3. The van der Waals surface area contributed by atoms with Crippen LogP contribution in [0.3, 0.4) is 0 Å². The molecule has 0 bridgehead atoms. The van der Waals surface area contributed by atoms with Gasteiger partial charge in [0, 0.05) is 6.54 Å². The summed E-state index contributed by atoms with van der Waals surface area (Å²) in [5.74, 6) is -0.253. The number of ether oxygens (including phenoxy) is 2. The zero-order valence-electron chi connectivity index (χ0n) is 15.0. The van der Waals surface area contributed by atoms with Gasteiger partial charge in [0.1, 0.15) is 11.1 Å². The van der Waals surface area contributed by atoms with Gasteiger partial charge in [0.05, 0.1) is 35.1 Å². The van der Waals surface area contributed by atoms with E-state index < -0.39 is 18.3 Å². The highest BCUT2D eigenvalue weighted by Crippen LogP contribution is 2.30. The fourth-order valence-corrected chi connectivity index (χ4v) is 4.77. The van der Waals surface area contributed by atoms with Crippen molar-refractivity contribution < 1.29 is 23.9 Å². The van der Waals surface area contributed by atoms with Crippen LogP contribution in [0.1, 0.15) is 15.2 Å². The maximum atomic E-state index is 12.2. The maximum Gasteiger partial charge on any atom is 0.415 e. The average molecular weight is 454 g/mol. The van der Waals surface area contributed by atoms with Crippen LogP contribution in [0.15, 0.2) is 35.9 Å². The molecule has 0 spiro atoms. The topological polar surface area (TPSA) is 88.2 Å². The Hall–Kier alpha value is -2.56. The molecule has 4 rings (SSSR count). The van der Waals surface area contributed by atoms with Gasteiger partial charge in [0.2, 0.25) is 0 Å². The van der Waals surface area contributed by atoms with Crippen molar-refractivity contribution in [2.45, 2.75) is 12.6 Å². The van der Waals surface area contributed by atoms with Crippen LogP contribution in [-0.4, -0.2) is 48.7 Å². The highest BCUT2D eigenvalue weighted by Gasteiger charge is 2.33. The molecule has 29 heavy (non-hydrogen) atoms. The Labute approximate surface area is 179 Å². The quantitative estimate of drug-likeness (QED) is 0.720. The summed E-state index contributed by atoms with van der Waals surface area (Å²) in [5.41, 5.74) is 0.899. The summed E-state index contributed by atoms with van der Waals surface area (Å²) in [5, 5.41) is 5.38.